The van der Waals surface area contributed by atoms with E-state index in [1.54, 1.807) is 12.1 Å². The fourth-order valence-electron chi connectivity index (χ4n) is 0.870. The lowest BCUT2D eigenvalue weighted by atomic mass is 10.3. The topological polar surface area (TPSA) is 24.4 Å². The van der Waals surface area contributed by atoms with Gasteiger partial charge in [-0.05, 0) is 24.9 Å². The van der Waals surface area contributed by atoms with Crippen molar-refractivity contribution < 1.29 is 0 Å². The third-order valence-corrected chi connectivity index (χ3v) is 1.79. The Bertz CT molecular complexity index is 288. The van der Waals surface area contributed by atoms with Gasteiger partial charge in [0.2, 0.25) is 0 Å². The SMILES string of the molecule is C=Nc1cc(Cl)ccc1NCS. The average molecular weight is 201 g/mol. The van der Waals surface area contributed by atoms with Crippen molar-refractivity contribution in [1.29, 1.82) is 0 Å². The fraction of sp³-hybridized carbons (Fsp3) is 0.125. The van der Waals surface area contributed by atoms with Crippen molar-refractivity contribution in [3.05, 3.63) is 23.2 Å². The highest BCUT2D eigenvalue weighted by atomic mass is 35.5. The van der Waals surface area contributed by atoms with Crippen LogP contribution in [0, 0.1) is 0 Å². The lowest BCUT2D eigenvalue weighted by molar-refractivity contribution is 1.43. The fourth-order valence-corrected chi connectivity index (χ4v) is 1.21. The highest BCUT2D eigenvalue weighted by molar-refractivity contribution is 7.80. The van der Waals surface area contributed by atoms with Gasteiger partial charge in [-0.3, -0.25) is 4.99 Å². The Kier molecular flexibility index (Phi) is 3.44. The zero-order chi connectivity index (χ0) is 8.97. The molecule has 2 nitrogen and oxygen atoms in total. The average Bonchev–Trinajstić information content (AvgIpc) is 2.08. The number of nitrogens with one attached hydrogen (secondary N) is 1. The van der Waals surface area contributed by atoms with E-state index in [1.165, 1.54) is 0 Å². The molecule has 0 aliphatic heterocycles. The molecule has 0 spiro atoms. The second-order valence-electron chi connectivity index (χ2n) is 2.15. The van der Waals surface area contributed by atoms with Gasteiger partial charge >= 0.3 is 0 Å². The Morgan fingerprint density at radius 2 is 2.33 bits per heavy atom. The molecule has 0 aliphatic rings. The van der Waals surface area contributed by atoms with Gasteiger partial charge < -0.3 is 5.32 Å². The molecular weight excluding hydrogens is 192 g/mol. The minimum Gasteiger partial charge on any atom is -0.375 e. The highest BCUT2D eigenvalue weighted by Crippen LogP contribution is 2.27. The van der Waals surface area contributed by atoms with Crippen LogP contribution in [0.25, 0.3) is 0 Å². The molecule has 1 aromatic rings. The van der Waals surface area contributed by atoms with Crippen LogP contribution in [0.3, 0.4) is 0 Å². The van der Waals surface area contributed by atoms with Crippen LogP contribution >= 0.6 is 24.2 Å². The third-order valence-electron chi connectivity index (χ3n) is 1.40. The van der Waals surface area contributed by atoms with Gasteiger partial charge in [0, 0.05) is 5.02 Å². The van der Waals surface area contributed by atoms with Crippen molar-refractivity contribution in [2.24, 2.45) is 4.99 Å². The molecule has 12 heavy (non-hydrogen) atoms. The maximum Gasteiger partial charge on any atom is 0.0868 e. The molecule has 1 N–H and O–H groups in total. The van der Waals surface area contributed by atoms with E-state index in [0.717, 1.165) is 11.4 Å². The normalized spacial score (nSPS) is 9.50. The molecule has 0 saturated carbocycles. The predicted molar refractivity (Wildman–Crippen MR) is 58.1 cm³/mol. The van der Waals surface area contributed by atoms with Crippen molar-refractivity contribution in [2.75, 3.05) is 11.2 Å². The van der Waals surface area contributed by atoms with Crippen molar-refractivity contribution in [3.63, 3.8) is 0 Å². The summed E-state index contributed by atoms with van der Waals surface area (Å²) in [6, 6.07) is 5.39. The van der Waals surface area contributed by atoms with Crippen LogP contribution in [0.2, 0.25) is 5.02 Å². The quantitative estimate of drug-likeness (QED) is 0.438. The molecule has 0 unspecified atom stereocenters. The maximum atomic E-state index is 5.76. The van der Waals surface area contributed by atoms with Gasteiger partial charge in [-0.15, -0.1) is 0 Å². The van der Waals surface area contributed by atoms with Gasteiger partial charge in [0.1, 0.15) is 0 Å². The summed E-state index contributed by atoms with van der Waals surface area (Å²) >= 11 is 9.80. The number of rotatable bonds is 3. The van der Waals surface area contributed by atoms with Gasteiger partial charge in [-0.1, -0.05) is 11.6 Å². The Labute approximate surface area is 82.1 Å². The molecule has 0 saturated heterocycles. The third kappa shape index (κ3) is 2.16. The summed E-state index contributed by atoms with van der Waals surface area (Å²) in [4.78, 5) is 3.82. The summed E-state index contributed by atoms with van der Waals surface area (Å²) in [6.07, 6.45) is 0. The van der Waals surface area contributed by atoms with Crippen LogP contribution in [0.5, 0.6) is 0 Å². The van der Waals surface area contributed by atoms with Gasteiger partial charge in [-0.2, -0.15) is 12.6 Å². The molecule has 0 aromatic heterocycles. The van der Waals surface area contributed by atoms with Gasteiger partial charge in [0.15, 0.2) is 0 Å². The number of hydrogen-bond donors (Lipinski definition) is 2. The lowest BCUT2D eigenvalue weighted by Crippen LogP contribution is -1.93. The minimum atomic E-state index is 0.560. The first-order chi connectivity index (χ1) is 5.77. The first kappa shape index (κ1) is 9.42. The standard InChI is InChI=1S/C8H9ClN2S/c1-10-8-4-6(9)2-3-7(8)11-5-12/h2-4,11-12H,1,5H2. The number of benzene rings is 1. The van der Waals surface area contributed by atoms with E-state index < -0.39 is 0 Å². The van der Waals surface area contributed by atoms with Crippen LogP contribution in [0.1, 0.15) is 0 Å². The van der Waals surface area contributed by atoms with E-state index in [9.17, 15) is 0 Å². The Morgan fingerprint density at radius 1 is 1.58 bits per heavy atom. The minimum absolute atomic E-state index is 0.560. The summed E-state index contributed by atoms with van der Waals surface area (Å²) < 4.78 is 0. The number of anilines is 1. The van der Waals surface area contributed by atoms with E-state index in [1.807, 2.05) is 6.07 Å². The van der Waals surface area contributed by atoms with Crippen LogP contribution in [-0.2, 0) is 0 Å². The maximum absolute atomic E-state index is 5.76. The van der Waals surface area contributed by atoms with Crippen LogP contribution in [0.15, 0.2) is 23.2 Å². The van der Waals surface area contributed by atoms with Crippen molar-refractivity contribution >= 4 is 42.3 Å². The van der Waals surface area contributed by atoms with Crippen molar-refractivity contribution in [3.8, 4) is 0 Å². The first-order valence-electron chi connectivity index (χ1n) is 3.39. The smallest absolute Gasteiger partial charge is 0.0868 e. The van der Waals surface area contributed by atoms with E-state index >= 15 is 0 Å². The molecule has 0 heterocycles. The molecule has 1 rings (SSSR count). The number of aliphatic imine (C=N–C) groups is 1. The van der Waals surface area contributed by atoms with Crippen LogP contribution in [0.4, 0.5) is 11.4 Å². The summed E-state index contributed by atoms with van der Waals surface area (Å²) in [5.74, 6) is 0.560. The van der Waals surface area contributed by atoms with Crippen molar-refractivity contribution in [1.82, 2.24) is 0 Å². The van der Waals surface area contributed by atoms with Crippen LogP contribution < -0.4 is 5.32 Å². The summed E-state index contributed by atoms with van der Waals surface area (Å²) in [7, 11) is 0. The highest BCUT2D eigenvalue weighted by Gasteiger charge is 1.98. The second kappa shape index (κ2) is 4.38. The summed E-state index contributed by atoms with van der Waals surface area (Å²) in [6.45, 7) is 3.44. The lowest BCUT2D eigenvalue weighted by Gasteiger charge is -2.05. The molecule has 1 aromatic carbocycles. The molecular formula is C8H9ClN2S. The zero-order valence-electron chi connectivity index (χ0n) is 6.42. The van der Waals surface area contributed by atoms with E-state index in [4.69, 9.17) is 11.6 Å². The molecule has 0 bridgehead atoms. The van der Waals surface area contributed by atoms with Gasteiger partial charge in [0.05, 0.1) is 17.3 Å². The van der Waals surface area contributed by atoms with E-state index in [0.29, 0.717) is 10.9 Å². The predicted octanol–water partition coefficient (Wildman–Crippen LogP) is 2.97. The molecule has 64 valence electrons. The molecule has 0 amide bonds. The summed E-state index contributed by atoms with van der Waals surface area (Å²) in [5.41, 5.74) is 1.64. The monoisotopic (exact) mass is 200 g/mol. The number of thiol groups is 1. The second-order valence-corrected chi connectivity index (χ2v) is 2.91. The molecule has 0 aliphatic carbocycles. The van der Waals surface area contributed by atoms with Gasteiger partial charge in [0.25, 0.3) is 0 Å². The Morgan fingerprint density at radius 3 is 2.92 bits per heavy atom. The molecule has 0 radical (unpaired) electrons. The number of nitrogens with zero attached hydrogens (tertiary/aromatic N) is 1. The van der Waals surface area contributed by atoms with Crippen molar-refractivity contribution in [2.45, 2.75) is 0 Å². The van der Waals surface area contributed by atoms with E-state index in [-0.39, 0.29) is 0 Å². The van der Waals surface area contributed by atoms with E-state index in [2.05, 4.69) is 29.7 Å². The molecule has 4 heteroatoms. The zero-order valence-corrected chi connectivity index (χ0v) is 8.07. The Balaban J connectivity index is 3.02. The first-order valence-corrected chi connectivity index (χ1v) is 4.40. The largest absolute Gasteiger partial charge is 0.375 e. The number of halogens is 1. The Hall–Kier alpha value is -0.670. The van der Waals surface area contributed by atoms with Gasteiger partial charge in [-0.25, -0.2) is 0 Å². The molecule has 0 fully saturated rings. The summed E-state index contributed by atoms with van der Waals surface area (Å²) in [5, 5.41) is 3.68. The van der Waals surface area contributed by atoms with Crippen LogP contribution in [-0.4, -0.2) is 12.6 Å². The number of hydrogen-bond acceptors (Lipinski definition) is 3. The molecule has 0 atom stereocenters.